The van der Waals surface area contributed by atoms with Crippen molar-refractivity contribution in [2.45, 2.75) is 26.2 Å². The number of hydrogen-bond donors (Lipinski definition) is 2. The molecule has 2 N–H and O–H groups in total. The minimum atomic E-state index is -0.209. The standard InChI is InChI=1S/C12H19N3O/c1-2-5-12(6-7-13-10-12)11(16)14-15-8-3-4-9-15/h3-4,8-9,13H,2,5-7,10H2,1H3,(H,14,16). The molecule has 4 heteroatoms. The second-order valence-corrected chi connectivity index (χ2v) is 4.49. The van der Waals surface area contributed by atoms with Crippen LogP contribution in [0.5, 0.6) is 0 Å². The van der Waals surface area contributed by atoms with E-state index in [1.807, 2.05) is 24.5 Å². The van der Waals surface area contributed by atoms with Crippen LogP contribution in [0.4, 0.5) is 0 Å². The summed E-state index contributed by atoms with van der Waals surface area (Å²) in [6.45, 7) is 3.87. The van der Waals surface area contributed by atoms with Crippen LogP contribution in [0.3, 0.4) is 0 Å². The summed E-state index contributed by atoms with van der Waals surface area (Å²) in [5.41, 5.74) is 2.72. The fourth-order valence-electron chi connectivity index (χ4n) is 2.39. The molecule has 0 bridgehead atoms. The minimum absolute atomic E-state index is 0.135. The first-order chi connectivity index (χ1) is 7.77. The van der Waals surface area contributed by atoms with E-state index in [1.165, 1.54) is 0 Å². The second kappa shape index (κ2) is 4.70. The number of carbonyl (C=O) groups is 1. The van der Waals surface area contributed by atoms with Crippen molar-refractivity contribution in [3.8, 4) is 0 Å². The van der Waals surface area contributed by atoms with Crippen LogP contribution in [0.15, 0.2) is 24.5 Å². The van der Waals surface area contributed by atoms with E-state index in [0.29, 0.717) is 0 Å². The van der Waals surface area contributed by atoms with Gasteiger partial charge in [0.25, 0.3) is 0 Å². The van der Waals surface area contributed by atoms with Gasteiger partial charge >= 0.3 is 0 Å². The highest BCUT2D eigenvalue weighted by molar-refractivity contribution is 5.90. The molecule has 0 saturated carbocycles. The fourth-order valence-corrected chi connectivity index (χ4v) is 2.39. The van der Waals surface area contributed by atoms with Gasteiger partial charge in [-0.15, -0.1) is 0 Å². The number of aromatic nitrogens is 1. The molecule has 0 radical (unpaired) electrons. The number of hydrogen-bond acceptors (Lipinski definition) is 2. The molecule has 1 aliphatic rings. The van der Waals surface area contributed by atoms with Gasteiger partial charge in [-0.3, -0.25) is 14.9 Å². The van der Waals surface area contributed by atoms with Crippen LogP contribution in [-0.4, -0.2) is 23.7 Å². The lowest BCUT2D eigenvalue weighted by molar-refractivity contribution is -0.126. The van der Waals surface area contributed by atoms with Gasteiger partial charge in [0.2, 0.25) is 5.91 Å². The van der Waals surface area contributed by atoms with Crippen LogP contribution in [0.25, 0.3) is 0 Å². The summed E-state index contributed by atoms with van der Waals surface area (Å²) in [5, 5.41) is 3.29. The van der Waals surface area contributed by atoms with Crippen molar-refractivity contribution in [2.75, 3.05) is 18.5 Å². The fraction of sp³-hybridized carbons (Fsp3) is 0.583. The number of amides is 1. The normalized spacial score (nSPS) is 24.6. The maximum Gasteiger partial charge on any atom is 0.246 e. The van der Waals surface area contributed by atoms with Gasteiger partial charge in [-0.05, 0) is 31.5 Å². The Morgan fingerprint density at radius 2 is 2.25 bits per heavy atom. The van der Waals surface area contributed by atoms with E-state index in [9.17, 15) is 4.79 Å². The Morgan fingerprint density at radius 1 is 1.50 bits per heavy atom. The quantitative estimate of drug-likeness (QED) is 0.806. The van der Waals surface area contributed by atoms with Crippen LogP contribution < -0.4 is 10.7 Å². The highest BCUT2D eigenvalue weighted by Crippen LogP contribution is 2.31. The summed E-state index contributed by atoms with van der Waals surface area (Å²) in [6.07, 6.45) is 6.63. The predicted octanol–water partition coefficient (Wildman–Crippen LogP) is 1.34. The second-order valence-electron chi connectivity index (χ2n) is 4.49. The molecular weight excluding hydrogens is 202 g/mol. The Kier molecular flexibility index (Phi) is 3.29. The van der Waals surface area contributed by atoms with Crippen LogP contribution in [0.1, 0.15) is 26.2 Å². The maximum absolute atomic E-state index is 12.3. The van der Waals surface area contributed by atoms with Gasteiger partial charge in [0.15, 0.2) is 0 Å². The molecule has 1 atom stereocenters. The van der Waals surface area contributed by atoms with Crippen molar-refractivity contribution in [1.29, 1.82) is 0 Å². The van der Waals surface area contributed by atoms with E-state index in [2.05, 4.69) is 17.7 Å². The summed E-state index contributed by atoms with van der Waals surface area (Å²) in [4.78, 5) is 12.3. The van der Waals surface area contributed by atoms with Crippen LogP contribution >= 0.6 is 0 Å². The van der Waals surface area contributed by atoms with E-state index in [1.54, 1.807) is 4.68 Å². The summed E-state index contributed by atoms with van der Waals surface area (Å²) >= 11 is 0. The SMILES string of the molecule is CCCC1(C(=O)Nn2cccc2)CCNC1. The van der Waals surface area contributed by atoms with Crippen LogP contribution in [-0.2, 0) is 4.79 Å². The van der Waals surface area contributed by atoms with Gasteiger partial charge < -0.3 is 5.32 Å². The zero-order valence-electron chi connectivity index (χ0n) is 9.70. The van der Waals surface area contributed by atoms with Crippen LogP contribution in [0.2, 0.25) is 0 Å². The van der Waals surface area contributed by atoms with Crippen molar-refractivity contribution in [3.63, 3.8) is 0 Å². The third-order valence-electron chi connectivity index (χ3n) is 3.29. The molecule has 1 aromatic rings. The molecule has 1 amide bonds. The Bertz CT molecular complexity index is 339. The van der Waals surface area contributed by atoms with E-state index >= 15 is 0 Å². The van der Waals surface area contributed by atoms with E-state index in [4.69, 9.17) is 0 Å². The van der Waals surface area contributed by atoms with Gasteiger partial charge in [0.05, 0.1) is 5.41 Å². The Balaban J connectivity index is 2.05. The average Bonchev–Trinajstić information content (AvgIpc) is 2.89. The highest BCUT2D eigenvalue weighted by Gasteiger charge is 2.40. The summed E-state index contributed by atoms with van der Waals surface area (Å²) in [7, 11) is 0. The van der Waals surface area contributed by atoms with E-state index < -0.39 is 0 Å². The summed E-state index contributed by atoms with van der Waals surface area (Å²) < 4.78 is 1.72. The van der Waals surface area contributed by atoms with Gasteiger partial charge in [-0.25, -0.2) is 0 Å². The molecule has 0 spiro atoms. The third kappa shape index (κ3) is 2.11. The largest absolute Gasteiger partial charge is 0.316 e. The lowest BCUT2D eigenvalue weighted by atomic mass is 9.82. The monoisotopic (exact) mass is 221 g/mol. The van der Waals surface area contributed by atoms with Gasteiger partial charge in [0.1, 0.15) is 0 Å². The molecular formula is C12H19N3O. The van der Waals surface area contributed by atoms with Gasteiger partial charge in [-0.1, -0.05) is 13.3 Å². The van der Waals surface area contributed by atoms with Crippen molar-refractivity contribution < 1.29 is 4.79 Å². The van der Waals surface area contributed by atoms with Crippen molar-refractivity contribution in [3.05, 3.63) is 24.5 Å². The molecule has 0 aromatic carbocycles. The molecule has 0 aliphatic carbocycles. The summed E-state index contributed by atoms with van der Waals surface area (Å²) in [6, 6.07) is 3.80. The zero-order chi connectivity index (χ0) is 11.4. The molecule has 1 aromatic heterocycles. The minimum Gasteiger partial charge on any atom is -0.316 e. The molecule has 88 valence electrons. The van der Waals surface area contributed by atoms with E-state index in [0.717, 1.165) is 32.4 Å². The average molecular weight is 221 g/mol. The Labute approximate surface area is 96.0 Å². The lowest BCUT2D eigenvalue weighted by Crippen LogP contribution is -2.41. The molecule has 4 nitrogen and oxygen atoms in total. The molecule has 1 fully saturated rings. The number of nitrogens with zero attached hydrogens (tertiary/aromatic N) is 1. The zero-order valence-corrected chi connectivity index (χ0v) is 9.70. The predicted molar refractivity (Wildman–Crippen MR) is 63.6 cm³/mol. The molecule has 1 unspecified atom stereocenters. The van der Waals surface area contributed by atoms with Crippen molar-refractivity contribution in [2.24, 2.45) is 5.41 Å². The van der Waals surface area contributed by atoms with Crippen LogP contribution in [0, 0.1) is 5.41 Å². The topological polar surface area (TPSA) is 46.1 Å². The Hall–Kier alpha value is -1.29. The Morgan fingerprint density at radius 3 is 2.81 bits per heavy atom. The molecule has 1 saturated heterocycles. The smallest absolute Gasteiger partial charge is 0.246 e. The molecule has 16 heavy (non-hydrogen) atoms. The highest BCUT2D eigenvalue weighted by atomic mass is 16.2. The molecule has 2 heterocycles. The van der Waals surface area contributed by atoms with E-state index in [-0.39, 0.29) is 11.3 Å². The first kappa shape index (κ1) is 11.2. The number of rotatable bonds is 4. The lowest BCUT2D eigenvalue weighted by Gasteiger charge is -2.26. The molecule has 2 rings (SSSR count). The van der Waals surface area contributed by atoms with Crippen molar-refractivity contribution in [1.82, 2.24) is 9.99 Å². The van der Waals surface area contributed by atoms with Gasteiger partial charge in [0, 0.05) is 18.9 Å². The molecule has 1 aliphatic heterocycles. The number of nitrogens with one attached hydrogen (secondary N) is 2. The first-order valence-electron chi connectivity index (χ1n) is 5.92. The summed E-state index contributed by atoms with van der Waals surface area (Å²) in [5.74, 6) is 0.135. The van der Waals surface area contributed by atoms with Gasteiger partial charge in [-0.2, -0.15) is 0 Å². The third-order valence-corrected chi connectivity index (χ3v) is 3.29. The maximum atomic E-state index is 12.3. The first-order valence-corrected chi connectivity index (χ1v) is 5.92. The number of carbonyl (C=O) groups excluding carboxylic acids is 1. The van der Waals surface area contributed by atoms with Crippen molar-refractivity contribution >= 4 is 5.91 Å².